The number of halogens is 3. The van der Waals surface area contributed by atoms with E-state index in [1.807, 2.05) is 20.8 Å². The average Bonchev–Trinajstić information content (AvgIpc) is 3.07. The molecule has 0 unspecified atom stereocenters. The number of aromatic nitrogens is 4. The normalized spacial score (nSPS) is 12.1. The predicted octanol–water partition coefficient (Wildman–Crippen LogP) is 4.54. The minimum Gasteiger partial charge on any atom is -0.319 e. The molecule has 0 spiro atoms. The zero-order chi connectivity index (χ0) is 21.4. The summed E-state index contributed by atoms with van der Waals surface area (Å²) in [5.74, 6) is -0.386. The van der Waals surface area contributed by atoms with Crippen molar-refractivity contribution in [2.75, 3.05) is 5.32 Å². The van der Waals surface area contributed by atoms with E-state index in [0.717, 1.165) is 10.9 Å². The molecule has 1 amide bonds. The molecule has 29 heavy (non-hydrogen) atoms. The fraction of sp³-hybridized carbons (Fsp3) is 0.300. The van der Waals surface area contributed by atoms with E-state index in [2.05, 4.69) is 20.4 Å². The molecule has 1 N–H and O–H groups in total. The van der Waals surface area contributed by atoms with E-state index in [-0.39, 0.29) is 16.8 Å². The summed E-state index contributed by atoms with van der Waals surface area (Å²) in [5.41, 5.74) is -0.978. The second kappa shape index (κ2) is 7.31. The Morgan fingerprint density at radius 3 is 2.21 bits per heavy atom. The van der Waals surface area contributed by atoms with E-state index in [0.29, 0.717) is 11.4 Å². The average molecular weight is 403 g/mol. The minimum absolute atomic E-state index is 0.194. The van der Waals surface area contributed by atoms with Gasteiger partial charge in [0.15, 0.2) is 5.69 Å². The number of hydrogen-bond donors (Lipinski definition) is 1. The van der Waals surface area contributed by atoms with Gasteiger partial charge < -0.3 is 5.32 Å². The molecule has 3 aromatic rings. The summed E-state index contributed by atoms with van der Waals surface area (Å²) in [4.78, 5) is 20.9. The maximum Gasteiger partial charge on any atom is 0.434 e. The van der Waals surface area contributed by atoms with Crippen LogP contribution in [0, 0.1) is 6.92 Å². The van der Waals surface area contributed by atoms with Crippen molar-refractivity contribution in [3.63, 3.8) is 0 Å². The number of anilines is 1. The van der Waals surface area contributed by atoms with E-state index in [4.69, 9.17) is 0 Å². The molecule has 2 aromatic heterocycles. The van der Waals surface area contributed by atoms with Crippen molar-refractivity contribution in [2.24, 2.45) is 0 Å². The second-order valence-corrected chi connectivity index (χ2v) is 7.60. The topological polar surface area (TPSA) is 72.7 Å². The van der Waals surface area contributed by atoms with Gasteiger partial charge in [0, 0.05) is 5.41 Å². The maximum atomic E-state index is 13.8. The van der Waals surface area contributed by atoms with E-state index in [1.54, 1.807) is 25.1 Å². The molecule has 0 radical (unpaired) electrons. The first-order valence-electron chi connectivity index (χ1n) is 8.83. The van der Waals surface area contributed by atoms with Crippen molar-refractivity contribution in [2.45, 2.75) is 39.3 Å². The highest BCUT2D eigenvalue weighted by molar-refractivity contribution is 6.05. The smallest absolute Gasteiger partial charge is 0.319 e. The molecule has 0 atom stereocenters. The first kappa shape index (κ1) is 20.5. The molecule has 0 aliphatic rings. The number of benzene rings is 1. The first-order valence-corrected chi connectivity index (χ1v) is 8.83. The van der Waals surface area contributed by atoms with Crippen LogP contribution in [-0.4, -0.2) is 25.7 Å². The molecular formula is C20H20F3N5O. The zero-order valence-electron chi connectivity index (χ0n) is 16.4. The standard InChI is InChI=1S/C20H20F3N5O/c1-12-7-5-6-8-15(12)28-16(20(21,22)23)14(11-26-28)17(29)27-13-9-24-18(25-10-13)19(2,3)4/h5-11H,1-4H3,(H,27,29). The Bertz CT molecular complexity index is 1030. The molecule has 0 saturated heterocycles. The quantitative estimate of drug-likeness (QED) is 0.697. The number of aryl methyl sites for hydroxylation is 1. The molecule has 2 heterocycles. The van der Waals surface area contributed by atoms with E-state index in [1.165, 1.54) is 18.5 Å². The predicted molar refractivity (Wildman–Crippen MR) is 102 cm³/mol. The second-order valence-electron chi connectivity index (χ2n) is 7.60. The molecular weight excluding hydrogens is 383 g/mol. The van der Waals surface area contributed by atoms with E-state index < -0.39 is 23.3 Å². The van der Waals surface area contributed by atoms with Crippen LogP contribution in [0.1, 0.15) is 48.2 Å². The third-order valence-corrected chi connectivity index (χ3v) is 4.21. The molecule has 0 saturated carbocycles. The number of para-hydroxylation sites is 1. The fourth-order valence-electron chi connectivity index (χ4n) is 2.75. The Morgan fingerprint density at radius 2 is 1.66 bits per heavy atom. The van der Waals surface area contributed by atoms with Crippen molar-refractivity contribution in [1.29, 1.82) is 0 Å². The molecule has 1 aromatic carbocycles. The molecule has 6 nitrogen and oxygen atoms in total. The van der Waals surface area contributed by atoms with Crippen LogP contribution in [0.5, 0.6) is 0 Å². The van der Waals surface area contributed by atoms with Gasteiger partial charge in [-0.05, 0) is 18.6 Å². The monoisotopic (exact) mass is 403 g/mol. The van der Waals surface area contributed by atoms with E-state index in [9.17, 15) is 18.0 Å². The summed E-state index contributed by atoms with van der Waals surface area (Å²) in [5, 5.41) is 6.24. The molecule has 152 valence electrons. The van der Waals surface area contributed by atoms with Crippen molar-refractivity contribution >= 4 is 11.6 Å². The highest BCUT2D eigenvalue weighted by Gasteiger charge is 2.40. The van der Waals surface area contributed by atoms with Gasteiger partial charge in [-0.2, -0.15) is 18.3 Å². The molecule has 0 fully saturated rings. The summed E-state index contributed by atoms with van der Waals surface area (Å²) < 4.78 is 42.1. The third-order valence-electron chi connectivity index (χ3n) is 4.21. The molecule has 9 heteroatoms. The largest absolute Gasteiger partial charge is 0.434 e. The van der Waals surface area contributed by atoms with Gasteiger partial charge in [0.05, 0.1) is 35.5 Å². The van der Waals surface area contributed by atoms with Crippen LogP contribution in [0.2, 0.25) is 0 Å². The molecule has 3 rings (SSSR count). The van der Waals surface area contributed by atoms with Crippen molar-refractivity contribution in [3.05, 3.63) is 65.5 Å². The Balaban J connectivity index is 1.96. The lowest BCUT2D eigenvalue weighted by atomic mass is 9.96. The number of rotatable bonds is 3. The summed E-state index contributed by atoms with van der Waals surface area (Å²) in [7, 11) is 0. The highest BCUT2D eigenvalue weighted by atomic mass is 19.4. The van der Waals surface area contributed by atoms with Crippen molar-refractivity contribution < 1.29 is 18.0 Å². The lowest BCUT2D eigenvalue weighted by molar-refractivity contribution is -0.143. The number of amides is 1. The Kier molecular flexibility index (Phi) is 5.16. The van der Waals surface area contributed by atoms with Crippen LogP contribution in [0.3, 0.4) is 0 Å². The third kappa shape index (κ3) is 4.28. The van der Waals surface area contributed by atoms with Gasteiger partial charge in [-0.1, -0.05) is 39.0 Å². The Morgan fingerprint density at radius 1 is 1.03 bits per heavy atom. The fourth-order valence-corrected chi connectivity index (χ4v) is 2.75. The van der Waals surface area contributed by atoms with Crippen LogP contribution in [0.25, 0.3) is 5.69 Å². The van der Waals surface area contributed by atoms with Crippen LogP contribution >= 0.6 is 0 Å². The Hall–Kier alpha value is -3.23. The molecule has 0 aliphatic heterocycles. The van der Waals surface area contributed by atoms with Crippen molar-refractivity contribution in [1.82, 2.24) is 19.7 Å². The number of alkyl halides is 3. The summed E-state index contributed by atoms with van der Waals surface area (Å²) in [6.07, 6.45) is -1.14. The number of carbonyl (C=O) groups is 1. The summed E-state index contributed by atoms with van der Waals surface area (Å²) in [6, 6.07) is 6.51. The Labute approximate surface area is 165 Å². The zero-order valence-corrected chi connectivity index (χ0v) is 16.4. The summed E-state index contributed by atoms with van der Waals surface area (Å²) >= 11 is 0. The molecule has 0 aliphatic carbocycles. The highest BCUT2D eigenvalue weighted by Crippen LogP contribution is 2.34. The van der Waals surface area contributed by atoms with Gasteiger partial charge in [0.2, 0.25) is 0 Å². The van der Waals surface area contributed by atoms with Gasteiger partial charge in [0.1, 0.15) is 5.82 Å². The maximum absolute atomic E-state index is 13.8. The lowest BCUT2D eigenvalue weighted by Crippen LogP contribution is -2.21. The van der Waals surface area contributed by atoms with E-state index >= 15 is 0 Å². The van der Waals surface area contributed by atoms with Gasteiger partial charge in [-0.25, -0.2) is 14.6 Å². The minimum atomic E-state index is -4.78. The summed E-state index contributed by atoms with van der Waals surface area (Å²) in [6.45, 7) is 7.45. The number of nitrogens with zero attached hydrogens (tertiary/aromatic N) is 4. The van der Waals surface area contributed by atoms with Gasteiger partial charge in [0.25, 0.3) is 5.91 Å². The van der Waals surface area contributed by atoms with Crippen molar-refractivity contribution in [3.8, 4) is 5.69 Å². The SMILES string of the molecule is Cc1ccccc1-n1ncc(C(=O)Nc2cnc(C(C)(C)C)nc2)c1C(F)(F)F. The lowest BCUT2D eigenvalue weighted by Gasteiger charge is -2.16. The van der Waals surface area contributed by atoms with Gasteiger partial charge >= 0.3 is 6.18 Å². The number of carbonyl (C=O) groups excluding carboxylic acids is 1. The van der Waals surface area contributed by atoms with Crippen LogP contribution < -0.4 is 5.32 Å². The van der Waals surface area contributed by atoms with Gasteiger partial charge in [-0.3, -0.25) is 4.79 Å². The van der Waals surface area contributed by atoms with Crippen LogP contribution in [0.15, 0.2) is 42.9 Å². The molecule has 0 bridgehead atoms. The van der Waals surface area contributed by atoms with Gasteiger partial charge in [-0.15, -0.1) is 0 Å². The first-order chi connectivity index (χ1) is 13.5. The van der Waals surface area contributed by atoms with Crippen LogP contribution in [-0.2, 0) is 11.6 Å². The number of nitrogens with one attached hydrogen (secondary N) is 1. The van der Waals surface area contributed by atoms with Crippen LogP contribution in [0.4, 0.5) is 18.9 Å². The number of hydrogen-bond acceptors (Lipinski definition) is 4.